The molecule has 1 aromatic heterocycles. The number of hydrogen-bond acceptors (Lipinski definition) is 3. The summed E-state index contributed by atoms with van der Waals surface area (Å²) in [5.41, 5.74) is 2.17. The first-order valence-corrected chi connectivity index (χ1v) is 10.7. The maximum Gasteiger partial charge on any atom is 0.279 e. The van der Waals surface area contributed by atoms with E-state index in [2.05, 4.69) is 39.9 Å². The number of nitrogens with zero attached hydrogens (tertiary/aromatic N) is 1. The first kappa shape index (κ1) is 17.6. The van der Waals surface area contributed by atoms with Crippen molar-refractivity contribution in [1.29, 1.82) is 0 Å². The Morgan fingerprint density at radius 3 is 2.65 bits per heavy atom. The highest BCUT2D eigenvalue weighted by Gasteiger charge is 2.32. The molecule has 4 rings (SSSR count). The van der Waals surface area contributed by atoms with Crippen molar-refractivity contribution in [2.24, 2.45) is 0 Å². The molecule has 138 valence electrons. The van der Waals surface area contributed by atoms with E-state index in [4.69, 9.17) is 0 Å². The van der Waals surface area contributed by atoms with Gasteiger partial charge in [-0.05, 0) is 55.0 Å². The molecule has 4 nitrogen and oxygen atoms in total. The van der Waals surface area contributed by atoms with Gasteiger partial charge in [-0.25, -0.2) is 0 Å². The first-order valence-electron chi connectivity index (χ1n) is 9.82. The van der Waals surface area contributed by atoms with Gasteiger partial charge < -0.3 is 15.1 Å². The lowest BCUT2D eigenvalue weighted by Gasteiger charge is -2.28. The largest absolute Gasteiger partial charge is 0.372 e. The molecule has 2 aliphatic rings. The Hall–Kier alpha value is -1.85. The van der Waals surface area contributed by atoms with Crippen LogP contribution in [0.3, 0.4) is 0 Å². The second-order valence-electron chi connectivity index (χ2n) is 7.44. The second-order valence-corrected chi connectivity index (χ2v) is 8.42. The minimum absolute atomic E-state index is 0.120. The van der Waals surface area contributed by atoms with E-state index < -0.39 is 0 Å². The molecule has 1 aromatic carbocycles. The Balaban J connectivity index is 1.33. The van der Waals surface area contributed by atoms with Gasteiger partial charge in [0.05, 0.1) is 11.4 Å². The molecule has 0 aliphatic carbocycles. The van der Waals surface area contributed by atoms with E-state index in [9.17, 15) is 4.79 Å². The smallest absolute Gasteiger partial charge is 0.279 e. The number of likely N-dealkylation sites (tertiary alicyclic amines) is 1. The van der Waals surface area contributed by atoms with Crippen molar-refractivity contribution in [1.82, 2.24) is 0 Å². The fourth-order valence-corrected chi connectivity index (χ4v) is 5.20. The molecule has 2 aromatic rings. The van der Waals surface area contributed by atoms with Crippen LogP contribution in [-0.2, 0) is 4.79 Å². The quantitative estimate of drug-likeness (QED) is 0.849. The lowest BCUT2D eigenvalue weighted by molar-refractivity contribution is -0.910. The van der Waals surface area contributed by atoms with E-state index in [0.717, 1.165) is 25.3 Å². The standard InChI is InChI=1S/C21H27N3OS/c25-21(16-24-14-4-6-19(24)20-7-5-15-26-20)22-17-8-10-18(11-9-17)23-12-2-1-3-13-23/h5,7-11,15,19H,1-4,6,12-14,16H2,(H,22,25)/p+1/t19-/m1/s1. The fourth-order valence-electron chi connectivity index (χ4n) is 4.28. The molecule has 0 saturated carbocycles. The monoisotopic (exact) mass is 370 g/mol. The van der Waals surface area contributed by atoms with Crippen molar-refractivity contribution < 1.29 is 9.69 Å². The number of carbonyl (C=O) groups excluding carboxylic acids is 1. The molecular formula is C21H28N3OS+. The van der Waals surface area contributed by atoms with Crippen LogP contribution in [0.4, 0.5) is 11.4 Å². The number of rotatable bonds is 5. The van der Waals surface area contributed by atoms with E-state index in [-0.39, 0.29) is 5.91 Å². The van der Waals surface area contributed by atoms with E-state index in [1.165, 1.54) is 47.6 Å². The molecule has 0 spiro atoms. The number of nitrogens with one attached hydrogen (secondary N) is 2. The summed E-state index contributed by atoms with van der Waals surface area (Å²) in [7, 11) is 0. The molecule has 3 heterocycles. The highest BCUT2D eigenvalue weighted by Crippen LogP contribution is 2.24. The normalized spacial score (nSPS) is 23.2. The maximum absolute atomic E-state index is 12.5. The molecule has 0 radical (unpaired) electrons. The van der Waals surface area contributed by atoms with Crippen molar-refractivity contribution in [2.45, 2.75) is 38.1 Å². The summed E-state index contributed by atoms with van der Waals surface area (Å²) < 4.78 is 0. The zero-order valence-corrected chi connectivity index (χ0v) is 16.1. The summed E-state index contributed by atoms with van der Waals surface area (Å²) in [6.45, 7) is 3.93. The molecule has 0 bridgehead atoms. The van der Waals surface area contributed by atoms with E-state index in [1.54, 1.807) is 0 Å². The van der Waals surface area contributed by atoms with Gasteiger partial charge in [-0.3, -0.25) is 4.79 Å². The Kier molecular flexibility index (Phi) is 5.56. The second kappa shape index (κ2) is 8.23. The Morgan fingerprint density at radius 1 is 1.12 bits per heavy atom. The Labute approximate surface area is 159 Å². The predicted molar refractivity (Wildman–Crippen MR) is 108 cm³/mol. The summed E-state index contributed by atoms with van der Waals surface area (Å²) in [6.07, 6.45) is 6.30. The molecule has 2 saturated heterocycles. The molecule has 2 N–H and O–H groups in total. The van der Waals surface area contributed by atoms with E-state index in [1.807, 2.05) is 23.5 Å². The van der Waals surface area contributed by atoms with Crippen LogP contribution in [0.5, 0.6) is 0 Å². The number of amides is 1. The van der Waals surface area contributed by atoms with Gasteiger partial charge in [0, 0.05) is 37.3 Å². The van der Waals surface area contributed by atoms with Crippen LogP contribution in [0.15, 0.2) is 41.8 Å². The van der Waals surface area contributed by atoms with Crippen molar-refractivity contribution in [3.63, 3.8) is 0 Å². The van der Waals surface area contributed by atoms with Crippen molar-refractivity contribution in [2.75, 3.05) is 36.4 Å². The van der Waals surface area contributed by atoms with Gasteiger partial charge in [-0.2, -0.15) is 0 Å². The number of carbonyl (C=O) groups is 1. The minimum Gasteiger partial charge on any atom is -0.372 e. The SMILES string of the molecule is O=C(C[NH+]1CCC[C@@H]1c1cccs1)Nc1ccc(N2CCCCC2)cc1. The maximum atomic E-state index is 12.5. The minimum atomic E-state index is 0.120. The van der Waals surface area contributed by atoms with Crippen LogP contribution in [0.1, 0.15) is 43.0 Å². The number of thiophene rings is 1. The molecule has 1 unspecified atom stereocenters. The number of quaternary nitrogens is 1. The highest BCUT2D eigenvalue weighted by atomic mass is 32.1. The zero-order chi connectivity index (χ0) is 17.8. The van der Waals surface area contributed by atoms with Crippen molar-refractivity contribution in [3.8, 4) is 0 Å². The number of benzene rings is 1. The third-order valence-corrected chi connectivity index (χ3v) is 6.62. The number of hydrogen-bond donors (Lipinski definition) is 2. The van der Waals surface area contributed by atoms with Crippen molar-refractivity contribution >= 4 is 28.6 Å². The molecule has 1 amide bonds. The Bertz CT molecular complexity index is 707. The molecule has 2 atom stereocenters. The van der Waals surface area contributed by atoms with Crippen LogP contribution < -0.4 is 15.1 Å². The lowest BCUT2D eigenvalue weighted by Crippen LogP contribution is -3.11. The topological polar surface area (TPSA) is 36.8 Å². The van der Waals surface area contributed by atoms with Crippen LogP contribution in [-0.4, -0.2) is 32.1 Å². The van der Waals surface area contributed by atoms with Gasteiger partial charge in [0.2, 0.25) is 0 Å². The van der Waals surface area contributed by atoms with Gasteiger partial charge in [-0.15, -0.1) is 11.3 Å². The molecule has 2 aliphatic heterocycles. The number of anilines is 2. The summed E-state index contributed by atoms with van der Waals surface area (Å²) in [5.74, 6) is 0.120. The average Bonchev–Trinajstić information content (AvgIpc) is 3.34. The van der Waals surface area contributed by atoms with Gasteiger partial charge >= 0.3 is 0 Å². The Morgan fingerprint density at radius 2 is 1.92 bits per heavy atom. The van der Waals surface area contributed by atoms with Crippen LogP contribution in [0.2, 0.25) is 0 Å². The summed E-state index contributed by atoms with van der Waals surface area (Å²) >= 11 is 1.81. The van der Waals surface area contributed by atoms with Gasteiger partial charge in [0.25, 0.3) is 5.91 Å². The van der Waals surface area contributed by atoms with Crippen molar-refractivity contribution in [3.05, 3.63) is 46.7 Å². The molecule has 26 heavy (non-hydrogen) atoms. The van der Waals surface area contributed by atoms with Crippen LogP contribution in [0.25, 0.3) is 0 Å². The van der Waals surface area contributed by atoms with E-state index in [0.29, 0.717) is 12.6 Å². The molecule has 2 fully saturated rings. The third kappa shape index (κ3) is 4.10. The van der Waals surface area contributed by atoms with E-state index >= 15 is 0 Å². The predicted octanol–water partition coefficient (Wildman–Crippen LogP) is 3.10. The summed E-state index contributed by atoms with van der Waals surface area (Å²) in [5, 5.41) is 5.22. The fraction of sp³-hybridized carbons (Fsp3) is 0.476. The lowest BCUT2D eigenvalue weighted by atomic mass is 10.1. The van der Waals surface area contributed by atoms with Gasteiger partial charge in [0.15, 0.2) is 6.54 Å². The van der Waals surface area contributed by atoms with Crippen LogP contribution in [0, 0.1) is 0 Å². The number of piperidine rings is 1. The summed E-state index contributed by atoms with van der Waals surface area (Å²) in [4.78, 5) is 17.8. The highest BCUT2D eigenvalue weighted by molar-refractivity contribution is 7.10. The molecular weight excluding hydrogens is 342 g/mol. The average molecular weight is 371 g/mol. The zero-order valence-electron chi connectivity index (χ0n) is 15.2. The van der Waals surface area contributed by atoms with Gasteiger partial charge in [-0.1, -0.05) is 6.07 Å². The van der Waals surface area contributed by atoms with Crippen LogP contribution >= 0.6 is 11.3 Å². The third-order valence-electron chi connectivity index (χ3n) is 5.63. The molecule has 5 heteroatoms. The summed E-state index contributed by atoms with van der Waals surface area (Å²) in [6, 6.07) is 13.2. The van der Waals surface area contributed by atoms with Gasteiger partial charge in [0.1, 0.15) is 6.04 Å². The first-order chi connectivity index (χ1) is 12.8.